The van der Waals surface area contributed by atoms with E-state index in [-0.39, 0.29) is 18.9 Å². The highest BCUT2D eigenvalue weighted by Gasteiger charge is 2.36. The van der Waals surface area contributed by atoms with Crippen LogP contribution < -0.4 is 10.6 Å². The van der Waals surface area contributed by atoms with E-state index in [4.69, 9.17) is 10.8 Å². The number of hydrogen-bond acceptors (Lipinski definition) is 3. The van der Waals surface area contributed by atoms with E-state index < -0.39 is 11.9 Å². The summed E-state index contributed by atoms with van der Waals surface area (Å²) in [6, 6.07) is 5.38. The zero-order chi connectivity index (χ0) is 12.6. The molecule has 1 atom stereocenters. The van der Waals surface area contributed by atoms with Gasteiger partial charge in [-0.2, -0.15) is 0 Å². The molecule has 1 unspecified atom stereocenters. The normalized spacial score (nSPS) is 19.7. The highest BCUT2D eigenvalue weighted by Crippen LogP contribution is 2.32. The molecule has 5 nitrogen and oxygen atoms in total. The van der Waals surface area contributed by atoms with E-state index in [9.17, 15) is 9.59 Å². The average molecular weight is 234 g/mol. The number of nitrogen functional groups attached to an aromatic ring is 1. The Morgan fingerprint density at radius 1 is 1.53 bits per heavy atom. The van der Waals surface area contributed by atoms with Crippen LogP contribution >= 0.6 is 0 Å². The second kappa shape index (κ2) is 4.08. The van der Waals surface area contributed by atoms with E-state index in [0.717, 1.165) is 5.56 Å². The lowest BCUT2D eigenvalue weighted by Gasteiger charge is -2.20. The van der Waals surface area contributed by atoms with Crippen LogP contribution in [-0.2, 0) is 9.59 Å². The highest BCUT2D eigenvalue weighted by molar-refractivity contribution is 6.02. The lowest BCUT2D eigenvalue weighted by atomic mass is 10.1. The van der Waals surface area contributed by atoms with E-state index in [1.807, 2.05) is 19.1 Å². The van der Waals surface area contributed by atoms with Crippen molar-refractivity contribution in [1.29, 1.82) is 0 Å². The van der Waals surface area contributed by atoms with Crippen molar-refractivity contribution in [1.82, 2.24) is 0 Å². The maximum Gasteiger partial charge on any atom is 0.308 e. The Morgan fingerprint density at radius 2 is 2.24 bits per heavy atom. The van der Waals surface area contributed by atoms with E-state index in [1.54, 1.807) is 6.07 Å². The monoisotopic (exact) mass is 234 g/mol. The molecular weight excluding hydrogens is 220 g/mol. The number of carboxylic acid groups (broad SMARTS) is 1. The summed E-state index contributed by atoms with van der Waals surface area (Å²) in [5.74, 6) is -1.76. The molecule has 1 aromatic rings. The number of aliphatic carboxylic acids is 1. The third-order valence-corrected chi connectivity index (χ3v) is 3.01. The van der Waals surface area contributed by atoms with Crippen molar-refractivity contribution in [2.24, 2.45) is 5.92 Å². The van der Waals surface area contributed by atoms with Crippen LogP contribution in [0.2, 0.25) is 0 Å². The zero-order valence-electron chi connectivity index (χ0n) is 9.51. The first-order chi connectivity index (χ1) is 8.00. The summed E-state index contributed by atoms with van der Waals surface area (Å²) >= 11 is 0. The molecule has 0 radical (unpaired) electrons. The molecule has 1 aromatic carbocycles. The van der Waals surface area contributed by atoms with Crippen LogP contribution in [0.1, 0.15) is 12.0 Å². The van der Waals surface area contributed by atoms with Crippen molar-refractivity contribution in [2.45, 2.75) is 13.3 Å². The first-order valence-corrected chi connectivity index (χ1v) is 5.39. The van der Waals surface area contributed by atoms with Gasteiger partial charge in [-0.25, -0.2) is 0 Å². The fourth-order valence-corrected chi connectivity index (χ4v) is 2.14. The Hall–Kier alpha value is -2.04. The van der Waals surface area contributed by atoms with Crippen LogP contribution in [-0.4, -0.2) is 23.5 Å². The molecule has 0 aromatic heterocycles. The molecule has 0 bridgehead atoms. The van der Waals surface area contributed by atoms with Crippen molar-refractivity contribution in [3.05, 3.63) is 23.8 Å². The second-order valence-electron chi connectivity index (χ2n) is 4.26. The summed E-state index contributed by atoms with van der Waals surface area (Å²) in [4.78, 5) is 24.2. The van der Waals surface area contributed by atoms with E-state index in [0.29, 0.717) is 11.4 Å². The van der Waals surface area contributed by atoms with Gasteiger partial charge in [-0.15, -0.1) is 0 Å². The zero-order valence-corrected chi connectivity index (χ0v) is 9.51. The molecule has 1 fully saturated rings. The molecule has 0 saturated carbocycles. The molecule has 1 heterocycles. The largest absolute Gasteiger partial charge is 0.481 e. The fraction of sp³-hybridized carbons (Fsp3) is 0.333. The third kappa shape index (κ3) is 1.95. The van der Waals surface area contributed by atoms with Crippen LogP contribution in [0.4, 0.5) is 11.4 Å². The first kappa shape index (κ1) is 11.4. The molecule has 0 aliphatic carbocycles. The number of benzene rings is 1. The molecule has 1 amide bonds. The summed E-state index contributed by atoms with van der Waals surface area (Å²) in [6.07, 6.45) is 0.0447. The van der Waals surface area contributed by atoms with Gasteiger partial charge >= 0.3 is 5.97 Å². The quantitative estimate of drug-likeness (QED) is 0.748. The second-order valence-corrected chi connectivity index (χ2v) is 4.26. The lowest BCUT2D eigenvalue weighted by Crippen LogP contribution is -2.27. The summed E-state index contributed by atoms with van der Waals surface area (Å²) in [6.45, 7) is 2.05. The number of nitrogens with two attached hydrogens (primary N) is 1. The Balaban J connectivity index is 2.35. The summed E-state index contributed by atoms with van der Waals surface area (Å²) < 4.78 is 0. The molecular formula is C12H14N2O3. The Kier molecular flexibility index (Phi) is 2.75. The Bertz CT molecular complexity index is 464. The van der Waals surface area contributed by atoms with Crippen LogP contribution in [0.15, 0.2) is 18.2 Å². The average Bonchev–Trinajstić information content (AvgIpc) is 2.61. The highest BCUT2D eigenvalue weighted by atomic mass is 16.4. The molecule has 2 rings (SSSR count). The Labute approximate surface area is 98.8 Å². The third-order valence-electron chi connectivity index (χ3n) is 3.01. The van der Waals surface area contributed by atoms with Gasteiger partial charge in [0.15, 0.2) is 0 Å². The lowest BCUT2D eigenvalue weighted by molar-refractivity contribution is -0.141. The fourth-order valence-electron chi connectivity index (χ4n) is 2.14. The Morgan fingerprint density at radius 3 is 2.76 bits per heavy atom. The van der Waals surface area contributed by atoms with Crippen LogP contribution in [0.5, 0.6) is 0 Å². The topological polar surface area (TPSA) is 83.6 Å². The van der Waals surface area contributed by atoms with Crippen LogP contribution in [0, 0.1) is 12.8 Å². The first-order valence-electron chi connectivity index (χ1n) is 5.39. The number of amides is 1. The number of anilines is 2. The van der Waals surface area contributed by atoms with Gasteiger partial charge in [0, 0.05) is 13.0 Å². The van der Waals surface area contributed by atoms with Crippen molar-refractivity contribution in [3.8, 4) is 0 Å². The van der Waals surface area contributed by atoms with Crippen molar-refractivity contribution < 1.29 is 14.7 Å². The number of hydrogen-bond donors (Lipinski definition) is 2. The minimum Gasteiger partial charge on any atom is -0.481 e. The molecule has 17 heavy (non-hydrogen) atoms. The van der Waals surface area contributed by atoms with Gasteiger partial charge in [0.1, 0.15) is 0 Å². The molecule has 1 saturated heterocycles. The number of rotatable bonds is 2. The number of carboxylic acids is 1. The van der Waals surface area contributed by atoms with Gasteiger partial charge in [-0.3, -0.25) is 9.59 Å². The van der Waals surface area contributed by atoms with Crippen molar-refractivity contribution in [2.75, 3.05) is 17.2 Å². The molecule has 90 valence electrons. The number of carbonyl (C=O) groups is 2. The van der Waals surface area contributed by atoms with Gasteiger partial charge in [0.25, 0.3) is 0 Å². The van der Waals surface area contributed by atoms with Crippen LogP contribution in [0.3, 0.4) is 0 Å². The smallest absolute Gasteiger partial charge is 0.308 e. The van der Waals surface area contributed by atoms with E-state index in [1.165, 1.54) is 4.90 Å². The minimum atomic E-state index is -0.937. The predicted octanol–water partition coefficient (Wildman–Crippen LogP) is 1.01. The van der Waals surface area contributed by atoms with Gasteiger partial charge in [-0.1, -0.05) is 12.1 Å². The summed E-state index contributed by atoms with van der Waals surface area (Å²) in [7, 11) is 0. The molecule has 5 heteroatoms. The van der Waals surface area contributed by atoms with Gasteiger partial charge in [-0.05, 0) is 18.6 Å². The number of carbonyl (C=O) groups excluding carboxylic acids is 1. The predicted molar refractivity (Wildman–Crippen MR) is 63.7 cm³/mol. The SMILES string of the molecule is Cc1cccc(N)c1N1CC(C(=O)O)CC1=O. The molecule has 0 spiro atoms. The van der Waals surface area contributed by atoms with Crippen molar-refractivity contribution in [3.63, 3.8) is 0 Å². The maximum atomic E-state index is 11.8. The maximum absolute atomic E-state index is 11.8. The van der Waals surface area contributed by atoms with Gasteiger partial charge < -0.3 is 15.7 Å². The molecule has 1 aliphatic rings. The van der Waals surface area contributed by atoms with Crippen molar-refractivity contribution >= 4 is 23.3 Å². The van der Waals surface area contributed by atoms with Gasteiger partial charge in [0.05, 0.1) is 17.3 Å². The number of aryl methyl sites for hydroxylation is 1. The molecule has 1 aliphatic heterocycles. The standard InChI is InChI=1S/C12H14N2O3/c1-7-3-2-4-9(13)11(7)14-6-8(12(16)17)5-10(14)15/h2-4,8H,5-6,13H2,1H3,(H,16,17). The van der Waals surface area contributed by atoms with E-state index >= 15 is 0 Å². The van der Waals surface area contributed by atoms with Gasteiger partial charge in [0.2, 0.25) is 5.91 Å². The number of nitrogens with zero attached hydrogens (tertiary/aromatic N) is 1. The molecule has 3 N–H and O–H groups in total. The minimum absolute atomic E-state index is 0.0447. The summed E-state index contributed by atoms with van der Waals surface area (Å²) in [5, 5.41) is 8.92. The van der Waals surface area contributed by atoms with Crippen LogP contribution in [0.25, 0.3) is 0 Å². The number of para-hydroxylation sites is 1. The summed E-state index contributed by atoms with van der Waals surface area (Å²) in [5.41, 5.74) is 7.87. The van der Waals surface area contributed by atoms with E-state index in [2.05, 4.69) is 0 Å².